The van der Waals surface area contributed by atoms with E-state index in [4.69, 9.17) is 23.7 Å². The first kappa shape index (κ1) is 25.9. The molecular formula is C28H37NO8. The van der Waals surface area contributed by atoms with E-state index in [-0.39, 0.29) is 24.9 Å². The lowest BCUT2D eigenvalue weighted by Crippen LogP contribution is -2.47. The van der Waals surface area contributed by atoms with Gasteiger partial charge in [0.05, 0.1) is 31.6 Å². The maximum atomic E-state index is 13.0. The minimum Gasteiger partial charge on any atom is -0.497 e. The molecule has 3 heterocycles. The van der Waals surface area contributed by atoms with Crippen molar-refractivity contribution in [3.8, 4) is 11.5 Å². The number of unbranched alkanes of at least 4 members (excludes halogenated alkanes) is 3. The Morgan fingerprint density at radius 3 is 2.78 bits per heavy atom. The summed E-state index contributed by atoms with van der Waals surface area (Å²) in [5.41, 5.74) is 1.80. The zero-order valence-electron chi connectivity index (χ0n) is 21.7. The number of fused-ring (bicyclic) bond motifs is 3. The number of esters is 2. The van der Waals surface area contributed by atoms with Gasteiger partial charge in [-0.1, -0.05) is 26.2 Å². The Kier molecular flexibility index (Phi) is 7.62. The van der Waals surface area contributed by atoms with Crippen LogP contribution in [0.3, 0.4) is 0 Å². The van der Waals surface area contributed by atoms with Gasteiger partial charge in [0.1, 0.15) is 5.76 Å². The molecule has 0 saturated carbocycles. The summed E-state index contributed by atoms with van der Waals surface area (Å²) in [6.45, 7) is 4.38. The van der Waals surface area contributed by atoms with Gasteiger partial charge in [-0.15, -0.1) is 0 Å². The molecule has 1 fully saturated rings. The van der Waals surface area contributed by atoms with Crippen LogP contribution in [-0.2, 0) is 30.2 Å². The monoisotopic (exact) mass is 515 g/mol. The highest BCUT2D eigenvalue weighted by atomic mass is 16.7. The van der Waals surface area contributed by atoms with Crippen molar-refractivity contribution >= 4 is 11.9 Å². The van der Waals surface area contributed by atoms with Crippen LogP contribution in [0, 0.1) is 0 Å². The van der Waals surface area contributed by atoms with Gasteiger partial charge >= 0.3 is 11.9 Å². The van der Waals surface area contributed by atoms with Crippen LogP contribution in [-0.4, -0.2) is 73.3 Å². The quantitative estimate of drug-likeness (QED) is 0.372. The van der Waals surface area contributed by atoms with Gasteiger partial charge in [-0.2, -0.15) is 0 Å². The van der Waals surface area contributed by atoms with E-state index in [1.165, 1.54) is 0 Å². The summed E-state index contributed by atoms with van der Waals surface area (Å²) < 4.78 is 28.2. The number of ether oxygens (including phenoxy) is 5. The number of benzene rings is 1. The third-order valence-corrected chi connectivity index (χ3v) is 8.10. The van der Waals surface area contributed by atoms with Gasteiger partial charge < -0.3 is 28.8 Å². The Morgan fingerprint density at radius 1 is 1.19 bits per heavy atom. The van der Waals surface area contributed by atoms with E-state index < -0.39 is 30.6 Å². The van der Waals surface area contributed by atoms with Gasteiger partial charge in [-0.25, -0.2) is 4.79 Å². The molecule has 1 saturated heterocycles. The molecule has 202 valence electrons. The molecule has 0 bridgehead atoms. The van der Waals surface area contributed by atoms with Crippen molar-refractivity contribution in [2.24, 2.45) is 0 Å². The second kappa shape index (κ2) is 10.9. The maximum Gasteiger partial charge on any atom is 0.336 e. The molecule has 1 aliphatic carbocycles. The van der Waals surface area contributed by atoms with Gasteiger partial charge in [0.2, 0.25) is 6.79 Å². The summed E-state index contributed by atoms with van der Waals surface area (Å²) >= 11 is 0. The standard InChI is InChI=1S/C28H37NO8/c1-3-4-5-6-12-34-24(31)15-20(30)27(32)37-26-23(33-2)16-28-9-7-10-29(28)11-8-18-13-21-22(36-17-35-21)14-19(18)25(26)28/h13-14,16,20,25-26,30H,3-12,15,17H2,1-2H3/t20-,25-,26?,28?/m1/s1. The number of aliphatic hydroxyl groups is 1. The van der Waals surface area contributed by atoms with Gasteiger partial charge in [0.25, 0.3) is 0 Å². The Labute approximate surface area is 217 Å². The molecule has 1 N–H and O–H groups in total. The fourth-order valence-corrected chi connectivity index (χ4v) is 6.31. The van der Waals surface area contributed by atoms with Crippen LogP contribution >= 0.6 is 0 Å². The van der Waals surface area contributed by atoms with E-state index >= 15 is 0 Å². The molecule has 1 aromatic rings. The molecule has 3 aliphatic heterocycles. The number of carbonyl (C=O) groups is 2. The highest BCUT2D eigenvalue weighted by molar-refractivity contribution is 5.82. The van der Waals surface area contributed by atoms with Crippen molar-refractivity contribution in [2.45, 2.75) is 82.0 Å². The van der Waals surface area contributed by atoms with Crippen LogP contribution in [0.4, 0.5) is 0 Å². The highest BCUT2D eigenvalue weighted by Gasteiger charge is 2.58. The van der Waals surface area contributed by atoms with Crippen LogP contribution < -0.4 is 9.47 Å². The predicted octanol–water partition coefficient (Wildman–Crippen LogP) is 3.22. The molecule has 4 aliphatic rings. The minimum atomic E-state index is -1.61. The normalized spacial score (nSPS) is 26.4. The summed E-state index contributed by atoms with van der Waals surface area (Å²) in [6.07, 6.45) is 5.98. The number of methoxy groups -OCH3 is 1. The molecule has 37 heavy (non-hydrogen) atoms. The lowest BCUT2D eigenvalue weighted by atomic mass is 9.77. The first-order chi connectivity index (χ1) is 18.0. The molecule has 1 spiro atoms. The molecule has 0 radical (unpaired) electrons. The summed E-state index contributed by atoms with van der Waals surface area (Å²) in [4.78, 5) is 27.7. The Balaban J connectivity index is 1.35. The molecule has 0 amide bonds. The number of hydrogen-bond donors (Lipinski definition) is 1. The molecule has 2 unspecified atom stereocenters. The molecule has 4 atom stereocenters. The molecule has 9 heteroatoms. The third-order valence-electron chi connectivity index (χ3n) is 8.10. The van der Waals surface area contributed by atoms with Crippen molar-refractivity contribution in [1.82, 2.24) is 4.90 Å². The number of aliphatic hydroxyl groups excluding tert-OH is 1. The second-order valence-electron chi connectivity index (χ2n) is 10.3. The number of rotatable bonds is 10. The van der Waals surface area contributed by atoms with Crippen LogP contribution in [0.15, 0.2) is 24.0 Å². The summed E-state index contributed by atoms with van der Waals surface area (Å²) in [6, 6.07) is 4.04. The topological polar surface area (TPSA) is 104 Å². The Hall–Kier alpha value is -2.78. The molecular weight excluding hydrogens is 478 g/mol. The van der Waals surface area contributed by atoms with E-state index in [0.717, 1.165) is 74.9 Å². The van der Waals surface area contributed by atoms with Gasteiger partial charge in [0.15, 0.2) is 23.7 Å². The average Bonchev–Trinajstić information content (AvgIpc) is 3.57. The number of carbonyl (C=O) groups excluding carboxylic acids is 2. The number of nitrogens with zero attached hydrogens (tertiary/aromatic N) is 1. The van der Waals surface area contributed by atoms with Crippen molar-refractivity contribution in [3.05, 3.63) is 35.1 Å². The maximum absolute atomic E-state index is 13.0. The van der Waals surface area contributed by atoms with Gasteiger partial charge in [0, 0.05) is 6.54 Å². The van der Waals surface area contributed by atoms with Crippen LogP contribution in [0.5, 0.6) is 11.5 Å². The zero-order chi connectivity index (χ0) is 26.0. The van der Waals surface area contributed by atoms with E-state index in [2.05, 4.69) is 17.9 Å². The molecule has 0 aromatic heterocycles. The fourth-order valence-electron chi connectivity index (χ4n) is 6.31. The van der Waals surface area contributed by atoms with Crippen molar-refractivity contribution < 1.29 is 38.4 Å². The Morgan fingerprint density at radius 2 is 2.00 bits per heavy atom. The largest absolute Gasteiger partial charge is 0.497 e. The zero-order valence-corrected chi connectivity index (χ0v) is 21.7. The minimum absolute atomic E-state index is 0.182. The van der Waals surface area contributed by atoms with Gasteiger partial charge in [-0.3, -0.25) is 9.69 Å². The molecule has 9 nitrogen and oxygen atoms in total. The van der Waals surface area contributed by atoms with Gasteiger partial charge in [-0.05, 0) is 61.6 Å². The van der Waals surface area contributed by atoms with E-state index in [9.17, 15) is 14.7 Å². The first-order valence-electron chi connectivity index (χ1n) is 13.4. The van der Waals surface area contributed by atoms with E-state index in [0.29, 0.717) is 11.5 Å². The fraction of sp³-hybridized carbons (Fsp3) is 0.643. The SMILES string of the molecule is CCCCCCOC(=O)C[C@@H](O)C(=O)OC1C(OC)=CC23CCCN2CCc2cc4c(cc2[C@H]13)OCO4. The summed E-state index contributed by atoms with van der Waals surface area (Å²) in [7, 11) is 1.57. The van der Waals surface area contributed by atoms with Crippen LogP contribution in [0.1, 0.15) is 68.9 Å². The summed E-state index contributed by atoms with van der Waals surface area (Å²) in [5, 5.41) is 10.5. The highest BCUT2D eigenvalue weighted by Crippen LogP contribution is 2.55. The molecule has 5 rings (SSSR count). The van der Waals surface area contributed by atoms with Crippen molar-refractivity contribution in [2.75, 3.05) is 33.6 Å². The smallest absolute Gasteiger partial charge is 0.336 e. The van der Waals surface area contributed by atoms with E-state index in [1.54, 1.807) is 7.11 Å². The predicted molar refractivity (Wildman–Crippen MR) is 133 cm³/mol. The Bertz CT molecular complexity index is 1050. The third kappa shape index (κ3) is 4.91. The van der Waals surface area contributed by atoms with Crippen LogP contribution in [0.2, 0.25) is 0 Å². The number of hydrogen-bond acceptors (Lipinski definition) is 9. The van der Waals surface area contributed by atoms with Crippen molar-refractivity contribution in [3.63, 3.8) is 0 Å². The molecule has 1 aromatic carbocycles. The lowest BCUT2D eigenvalue weighted by molar-refractivity contribution is -0.165. The van der Waals surface area contributed by atoms with E-state index in [1.807, 2.05) is 12.1 Å². The second-order valence-corrected chi connectivity index (χ2v) is 10.3. The average molecular weight is 516 g/mol. The summed E-state index contributed by atoms with van der Waals surface area (Å²) in [5.74, 6) is 0.257. The lowest BCUT2D eigenvalue weighted by Gasteiger charge is -2.39. The first-order valence-corrected chi connectivity index (χ1v) is 13.4. The van der Waals surface area contributed by atoms with Crippen LogP contribution in [0.25, 0.3) is 0 Å². The van der Waals surface area contributed by atoms with Crippen molar-refractivity contribution in [1.29, 1.82) is 0 Å².